The van der Waals surface area contributed by atoms with Crippen molar-refractivity contribution in [3.05, 3.63) is 241 Å². The van der Waals surface area contributed by atoms with Crippen LogP contribution in [-0.4, -0.2) is 6.04 Å². The van der Waals surface area contributed by atoms with Crippen LogP contribution in [0, 0.1) is 11.6 Å². The van der Waals surface area contributed by atoms with Crippen molar-refractivity contribution in [2.24, 2.45) is 0 Å². The molecule has 0 saturated heterocycles. The highest BCUT2D eigenvalue weighted by Gasteiger charge is 2.32. The monoisotopic (exact) mass is 886 g/mol. The van der Waals surface area contributed by atoms with Gasteiger partial charge in [-0.05, 0) is 137 Å². The number of nitrogens with zero attached hydrogens (tertiary/aromatic N) is 2. The quantitative estimate of drug-likeness (QED) is 0.0997. The van der Waals surface area contributed by atoms with Gasteiger partial charge in [-0.25, -0.2) is 8.78 Å². The Bertz CT molecular complexity index is 3430. The summed E-state index contributed by atoms with van der Waals surface area (Å²) in [7, 11) is 0. The number of anilines is 5. The van der Waals surface area contributed by atoms with Gasteiger partial charge in [-0.1, -0.05) is 170 Å². The summed E-state index contributed by atoms with van der Waals surface area (Å²) >= 11 is 0. The maximum atomic E-state index is 17.7. The summed E-state index contributed by atoms with van der Waals surface area (Å²) in [6.07, 6.45) is 34.7. The zero-order chi connectivity index (χ0) is 45.6. The Balaban J connectivity index is 1.09. The molecule has 0 aromatic heterocycles. The van der Waals surface area contributed by atoms with Crippen molar-refractivity contribution in [2.45, 2.75) is 62.8 Å². The van der Waals surface area contributed by atoms with Crippen LogP contribution in [0.2, 0.25) is 0 Å². The van der Waals surface area contributed by atoms with E-state index in [1.165, 1.54) is 0 Å². The first-order chi connectivity index (χ1) is 33.6. The van der Waals surface area contributed by atoms with Gasteiger partial charge in [0.2, 0.25) is 0 Å². The van der Waals surface area contributed by atoms with Gasteiger partial charge >= 0.3 is 0 Å². The van der Waals surface area contributed by atoms with E-state index in [0.717, 1.165) is 128 Å². The standard InChI is InChI=1S/C64H52F2N2/c65-57-41-49(43-19-7-1-8-20-43)39-55(45-23-11-3-12-24-45)63(57)67(51-27-15-5-16-28-51)59-37-33-47-32-36-54-60(38-34-48-31-35-53(59)61(47)62(48)54)68(52-29-17-6-18-30-52)64-56(46-25-13-4-14-26-46)40-50(42-58(64)66)44-21-9-2-10-22-44/h1,3-9,11,13-21,23,25,27-29,31-42,44,46,52H,2,10,12,22,24,26,30H2. The van der Waals surface area contributed by atoms with Gasteiger partial charge in [0, 0.05) is 39.5 Å². The van der Waals surface area contributed by atoms with Crippen LogP contribution in [0.15, 0.2) is 212 Å². The predicted octanol–water partition coefficient (Wildman–Crippen LogP) is 18.2. The van der Waals surface area contributed by atoms with Gasteiger partial charge in [-0.2, -0.15) is 0 Å². The molecule has 8 aromatic carbocycles. The van der Waals surface area contributed by atoms with Crippen molar-refractivity contribution < 1.29 is 8.78 Å². The van der Waals surface area contributed by atoms with Crippen molar-refractivity contribution in [1.29, 1.82) is 0 Å². The average Bonchev–Trinajstić information content (AvgIpc) is 3.41. The van der Waals surface area contributed by atoms with Gasteiger partial charge < -0.3 is 9.80 Å². The zero-order valence-corrected chi connectivity index (χ0v) is 38.0. The first-order valence-electron chi connectivity index (χ1n) is 24.4. The summed E-state index contributed by atoms with van der Waals surface area (Å²) in [5.41, 5.74) is 9.76. The number of hydrogen-bond donors (Lipinski definition) is 0. The third-order valence-corrected chi connectivity index (χ3v) is 14.6. The van der Waals surface area contributed by atoms with Crippen LogP contribution in [-0.2, 0) is 0 Å². The van der Waals surface area contributed by atoms with Crippen molar-refractivity contribution >= 4 is 66.3 Å². The van der Waals surface area contributed by atoms with E-state index in [4.69, 9.17) is 0 Å². The molecule has 8 aromatic rings. The second-order valence-electron chi connectivity index (χ2n) is 18.7. The van der Waals surface area contributed by atoms with Crippen molar-refractivity contribution in [1.82, 2.24) is 0 Å². The topological polar surface area (TPSA) is 6.48 Å². The van der Waals surface area contributed by atoms with Crippen LogP contribution in [0.4, 0.5) is 37.2 Å². The molecule has 0 amide bonds. The molecule has 3 atom stereocenters. The van der Waals surface area contributed by atoms with Crippen molar-refractivity contribution in [3.8, 4) is 11.1 Å². The van der Waals surface area contributed by atoms with Gasteiger partial charge in [-0.3, -0.25) is 0 Å². The lowest BCUT2D eigenvalue weighted by molar-refractivity contribution is 0.602. The van der Waals surface area contributed by atoms with Crippen LogP contribution in [0.25, 0.3) is 49.0 Å². The van der Waals surface area contributed by atoms with Gasteiger partial charge in [0.1, 0.15) is 11.6 Å². The number of halogens is 2. The largest absolute Gasteiger partial charge is 0.331 e. The smallest absolute Gasteiger partial charge is 0.148 e. The number of hydrogen-bond acceptors (Lipinski definition) is 2. The van der Waals surface area contributed by atoms with E-state index < -0.39 is 0 Å². The Morgan fingerprint density at radius 1 is 0.515 bits per heavy atom. The minimum atomic E-state index is -0.287. The maximum absolute atomic E-state index is 17.7. The van der Waals surface area contributed by atoms with E-state index in [9.17, 15) is 0 Å². The Kier molecular flexibility index (Phi) is 11.0. The summed E-state index contributed by atoms with van der Waals surface area (Å²) in [5, 5.41) is 6.47. The van der Waals surface area contributed by atoms with Crippen molar-refractivity contribution in [2.75, 3.05) is 9.80 Å². The molecule has 0 bridgehead atoms. The molecular formula is C64H52F2N2. The molecule has 0 heterocycles. The Labute approximate surface area is 397 Å². The molecule has 332 valence electrons. The number of rotatable bonds is 10. The first kappa shape index (κ1) is 41.8. The van der Waals surface area contributed by atoms with Crippen LogP contribution in [0.1, 0.15) is 73.5 Å². The fraction of sp³-hybridized carbons (Fsp3) is 0.156. The van der Waals surface area contributed by atoms with Crippen molar-refractivity contribution in [3.63, 3.8) is 0 Å². The summed E-state index contributed by atoms with van der Waals surface area (Å²) in [4.78, 5) is 4.43. The first-order valence-corrected chi connectivity index (χ1v) is 24.4. The molecule has 2 nitrogen and oxygen atoms in total. The fourth-order valence-corrected chi connectivity index (χ4v) is 11.4. The number of benzene rings is 8. The Morgan fingerprint density at radius 3 is 1.91 bits per heavy atom. The zero-order valence-electron chi connectivity index (χ0n) is 38.0. The van der Waals surface area contributed by atoms with E-state index >= 15 is 8.78 Å². The molecule has 0 aliphatic heterocycles. The molecule has 12 rings (SSSR count). The van der Waals surface area contributed by atoms with E-state index in [2.05, 4.69) is 162 Å². The highest BCUT2D eigenvalue weighted by atomic mass is 19.1. The minimum Gasteiger partial charge on any atom is -0.331 e. The highest BCUT2D eigenvalue weighted by molar-refractivity contribution is 6.28. The molecule has 0 fully saturated rings. The van der Waals surface area contributed by atoms with Gasteiger partial charge in [-0.15, -0.1) is 0 Å². The molecule has 4 aliphatic carbocycles. The summed E-state index contributed by atoms with van der Waals surface area (Å²) in [5.74, 6) is -0.248. The lowest BCUT2D eigenvalue weighted by Gasteiger charge is -2.37. The van der Waals surface area contributed by atoms with Gasteiger partial charge in [0.25, 0.3) is 0 Å². The van der Waals surface area contributed by atoms with E-state index in [1.54, 1.807) is 6.07 Å². The Hall–Kier alpha value is -7.56. The lowest BCUT2D eigenvalue weighted by Crippen LogP contribution is -2.32. The molecule has 0 saturated carbocycles. The van der Waals surface area contributed by atoms with E-state index in [0.29, 0.717) is 11.4 Å². The van der Waals surface area contributed by atoms with Crippen LogP contribution in [0.5, 0.6) is 0 Å². The molecule has 68 heavy (non-hydrogen) atoms. The van der Waals surface area contributed by atoms with Gasteiger partial charge in [0.05, 0.1) is 23.1 Å². The lowest BCUT2D eigenvalue weighted by atomic mass is 9.83. The average molecular weight is 887 g/mol. The molecule has 3 unspecified atom stereocenters. The third-order valence-electron chi connectivity index (χ3n) is 14.6. The molecule has 0 N–H and O–H groups in total. The number of allylic oxidation sites excluding steroid dienone is 12. The minimum absolute atomic E-state index is 0.0291. The predicted molar refractivity (Wildman–Crippen MR) is 283 cm³/mol. The summed E-state index contributed by atoms with van der Waals surface area (Å²) < 4.78 is 35.3. The second kappa shape index (κ2) is 17.9. The number of para-hydroxylation sites is 1. The molecule has 0 radical (unpaired) electrons. The Morgan fingerprint density at radius 2 is 1.22 bits per heavy atom. The molecule has 4 heteroatoms. The normalized spacial score (nSPS) is 18.8. The summed E-state index contributed by atoms with van der Waals surface area (Å²) in [6, 6.07) is 45.8. The van der Waals surface area contributed by atoms with Crippen LogP contribution >= 0.6 is 0 Å². The SMILES string of the molecule is Fc1cc(-c2ccccc2)cc(C2=CC=CCC2)c1N(c1ccccc1)c1ccc2ccc3c(N(c4c(F)cc(C5C=CCCC5)cc4C4C=CC=CC4)C4C=CC=CC4)ccc4ccc1c2c43. The molecule has 4 aliphatic rings. The molecular weight excluding hydrogens is 835 g/mol. The summed E-state index contributed by atoms with van der Waals surface area (Å²) in [6.45, 7) is 0. The van der Waals surface area contributed by atoms with E-state index in [1.807, 2.05) is 54.6 Å². The van der Waals surface area contributed by atoms with Crippen LogP contribution in [0.3, 0.4) is 0 Å². The van der Waals surface area contributed by atoms with Crippen LogP contribution < -0.4 is 9.80 Å². The van der Waals surface area contributed by atoms with Gasteiger partial charge in [0.15, 0.2) is 0 Å². The molecule has 0 spiro atoms. The maximum Gasteiger partial charge on any atom is 0.148 e. The highest BCUT2D eigenvalue weighted by Crippen LogP contribution is 2.51. The third kappa shape index (κ3) is 7.49. The second-order valence-corrected chi connectivity index (χ2v) is 18.7. The fourth-order valence-electron chi connectivity index (χ4n) is 11.4. The van der Waals surface area contributed by atoms with E-state index in [-0.39, 0.29) is 29.5 Å².